The van der Waals surface area contributed by atoms with Gasteiger partial charge in [-0.25, -0.2) is 4.98 Å². The first-order valence-electron chi connectivity index (χ1n) is 12.3. The number of carbonyl (C=O) groups excluding carboxylic acids is 1. The van der Waals surface area contributed by atoms with Gasteiger partial charge < -0.3 is 20.6 Å². The summed E-state index contributed by atoms with van der Waals surface area (Å²) in [6.45, 7) is 7.76. The normalized spacial score (nSPS) is 14.5. The highest BCUT2D eigenvalue weighted by molar-refractivity contribution is 6.19. The molecular weight excluding hydrogens is 468 g/mol. The van der Waals surface area contributed by atoms with Crippen molar-refractivity contribution in [3.05, 3.63) is 76.7 Å². The van der Waals surface area contributed by atoms with Crippen LogP contribution in [0.3, 0.4) is 0 Å². The fraction of sp³-hybridized carbons (Fsp3) is 0.250. The fourth-order valence-corrected chi connectivity index (χ4v) is 5.25. The van der Waals surface area contributed by atoms with Crippen molar-refractivity contribution in [1.29, 1.82) is 0 Å². The van der Waals surface area contributed by atoms with Crippen LogP contribution in [0.4, 0.5) is 5.82 Å². The lowest BCUT2D eigenvalue weighted by atomic mass is 10.1. The number of hydrogen-bond acceptors (Lipinski definition) is 7. The number of nitrogens with one attached hydrogen (secondary N) is 1. The third-order valence-corrected chi connectivity index (χ3v) is 7.18. The highest BCUT2D eigenvalue weighted by Crippen LogP contribution is 2.36. The standard InChI is InChI=1S/C28H28N6O3/c1-16-6-7-22(35)17(2)25(16)34-27(29)23(24-28(34)31-9-8-30-24)26(36)21-14-19-18(4-3-5-20(19)32-21)15-33-10-12-37-13-11-33/h3-9,14,32,35H,10-13,15,29H2,1-2H3. The summed E-state index contributed by atoms with van der Waals surface area (Å²) in [5, 5.41) is 11.4. The van der Waals surface area contributed by atoms with Crippen molar-refractivity contribution in [3.8, 4) is 11.4 Å². The summed E-state index contributed by atoms with van der Waals surface area (Å²) in [5.74, 6) is 0.114. The van der Waals surface area contributed by atoms with E-state index in [0.717, 1.165) is 54.9 Å². The van der Waals surface area contributed by atoms with Crippen molar-refractivity contribution in [2.75, 3.05) is 32.0 Å². The summed E-state index contributed by atoms with van der Waals surface area (Å²) in [4.78, 5) is 28.6. The molecule has 6 rings (SSSR count). The number of phenolic OH excluding ortho intramolecular Hbond substituents is 1. The molecule has 1 aliphatic heterocycles. The van der Waals surface area contributed by atoms with Gasteiger partial charge in [-0.05, 0) is 43.2 Å². The number of fused-ring (bicyclic) bond motifs is 2. The Morgan fingerprint density at radius 3 is 2.73 bits per heavy atom. The van der Waals surface area contributed by atoms with Gasteiger partial charge in [-0.2, -0.15) is 0 Å². The number of aromatic nitrogens is 4. The molecule has 37 heavy (non-hydrogen) atoms. The summed E-state index contributed by atoms with van der Waals surface area (Å²) >= 11 is 0. The zero-order valence-electron chi connectivity index (χ0n) is 20.8. The Morgan fingerprint density at radius 1 is 1.14 bits per heavy atom. The number of phenols is 1. The van der Waals surface area contributed by atoms with Crippen molar-refractivity contribution in [2.45, 2.75) is 20.4 Å². The first-order valence-corrected chi connectivity index (χ1v) is 12.3. The van der Waals surface area contributed by atoms with Crippen LogP contribution in [0.5, 0.6) is 5.75 Å². The molecule has 4 N–H and O–H groups in total. The van der Waals surface area contributed by atoms with Crippen LogP contribution in [-0.4, -0.2) is 61.6 Å². The highest BCUT2D eigenvalue weighted by atomic mass is 16.5. The number of ether oxygens (including phenoxy) is 1. The lowest BCUT2D eigenvalue weighted by Crippen LogP contribution is -2.35. The number of anilines is 1. The van der Waals surface area contributed by atoms with E-state index in [0.29, 0.717) is 28.1 Å². The van der Waals surface area contributed by atoms with Crippen LogP contribution in [0.25, 0.3) is 27.8 Å². The molecule has 0 unspecified atom stereocenters. The van der Waals surface area contributed by atoms with Crippen molar-refractivity contribution >= 4 is 33.7 Å². The number of rotatable bonds is 5. The van der Waals surface area contributed by atoms with Gasteiger partial charge in [0.15, 0.2) is 5.65 Å². The summed E-state index contributed by atoms with van der Waals surface area (Å²) in [7, 11) is 0. The molecule has 2 aromatic carbocycles. The maximum atomic E-state index is 14.0. The van der Waals surface area contributed by atoms with Gasteiger partial charge in [0.05, 0.1) is 30.2 Å². The van der Waals surface area contributed by atoms with Crippen LogP contribution in [0.15, 0.2) is 48.8 Å². The summed E-state index contributed by atoms with van der Waals surface area (Å²) < 4.78 is 7.19. The molecule has 0 bridgehead atoms. The Labute approximate surface area is 213 Å². The second-order valence-corrected chi connectivity index (χ2v) is 9.48. The lowest BCUT2D eigenvalue weighted by molar-refractivity contribution is 0.0344. The number of carbonyl (C=O) groups is 1. The number of aromatic hydroxyl groups is 1. The van der Waals surface area contributed by atoms with E-state index in [-0.39, 0.29) is 22.9 Å². The molecule has 0 aliphatic carbocycles. The van der Waals surface area contributed by atoms with Gasteiger partial charge in [-0.1, -0.05) is 18.2 Å². The summed E-state index contributed by atoms with van der Waals surface area (Å²) in [6, 6.07) is 11.4. The minimum absolute atomic E-state index is 0.141. The number of morpholine rings is 1. The fourth-order valence-electron chi connectivity index (χ4n) is 5.25. The largest absolute Gasteiger partial charge is 0.508 e. The molecule has 0 amide bonds. The number of benzene rings is 2. The van der Waals surface area contributed by atoms with E-state index in [2.05, 4.69) is 25.9 Å². The van der Waals surface area contributed by atoms with E-state index in [1.165, 1.54) is 0 Å². The Balaban J connectivity index is 1.47. The van der Waals surface area contributed by atoms with Crippen LogP contribution < -0.4 is 5.73 Å². The van der Waals surface area contributed by atoms with Gasteiger partial charge >= 0.3 is 0 Å². The van der Waals surface area contributed by atoms with Crippen LogP contribution in [-0.2, 0) is 11.3 Å². The molecular formula is C28H28N6O3. The molecule has 1 aliphatic rings. The zero-order chi connectivity index (χ0) is 25.7. The molecule has 9 heteroatoms. The van der Waals surface area contributed by atoms with Gasteiger partial charge in [0.1, 0.15) is 17.1 Å². The highest BCUT2D eigenvalue weighted by Gasteiger charge is 2.27. The molecule has 1 saturated heterocycles. The van der Waals surface area contributed by atoms with E-state index in [1.807, 2.05) is 38.1 Å². The molecule has 3 aromatic heterocycles. The third kappa shape index (κ3) is 3.83. The number of H-pyrrole nitrogens is 1. The quantitative estimate of drug-likeness (QED) is 0.316. The van der Waals surface area contributed by atoms with Crippen molar-refractivity contribution in [2.24, 2.45) is 0 Å². The minimum atomic E-state index is -0.259. The molecule has 0 atom stereocenters. The first kappa shape index (κ1) is 23.2. The Bertz CT molecular complexity index is 1660. The van der Waals surface area contributed by atoms with Crippen LogP contribution in [0, 0.1) is 13.8 Å². The number of aryl methyl sites for hydroxylation is 1. The average molecular weight is 497 g/mol. The van der Waals surface area contributed by atoms with Gasteiger partial charge in [-0.3, -0.25) is 19.2 Å². The number of aromatic amines is 1. The second kappa shape index (κ2) is 9.02. The van der Waals surface area contributed by atoms with E-state index in [9.17, 15) is 9.90 Å². The minimum Gasteiger partial charge on any atom is -0.508 e. The van der Waals surface area contributed by atoms with E-state index in [4.69, 9.17) is 10.5 Å². The predicted octanol–water partition coefficient (Wildman–Crippen LogP) is 3.87. The van der Waals surface area contributed by atoms with Crippen LogP contribution in [0.1, 0.15) is 32.7 Å². The molecule has 0 saturated carbocycles. The monoisotopic (exact) mass is 496 g/mol. The predicted molar refractivity (Wildman–Crippen MR) is 142 cm³/mol. The lowest BCUT2D eigenvalue weighted by Gasteiger charge is -2.26. The zero-order valence-corrected chi connectivity index (χ0v) is 20.8. The maximum absolute atomic E-state index is 14.0. The number of ketones is 1. The second-order valence-electron chi connectivity index (χ2n) is 9.48. The van der Waals surface area contributed by atoms with Crippen molar-refractivity contribution in [3.63, 3.8) is 0 Å². The van der Waals surface area contributed by atoms with Gasteiger partial charge in [0.2, 0.25) is 5.78 Å². The van der Waals surface area contributed by atoms with Crippen molar-refractivity contribution < 1.29 is 14.6 Å². The SMILES string of the molecule is Cc1ccc(O)c(C)c1-n1c(N)c(C(=O)c2cc3c(CN4CCOCC4)cccc3[nH]2)c2nccnc21. The number of nitrogens with two attached hydrogens (primary N) is 1. The third-order valence-electron chi connectivity index (χ3n) is 7.18. The summed E-state index contributed by atoms with van der Waals surface area (Å²) in [6.07, 6.45) is 3.12. The van der Waals surface area contributed by atoms with Gasteiger partial charge in [-0.15, -0.1) is 0 Å². The molecule has 0 spiro atoms. The molecule has 188 valence electrons. The molecule has 9 nitrogen and oxygen atoms in total. The van der Waals surface area contributed by atoms with Crippen LogP contribution >= 0.6 is 0 Å². The molecule has 4 heterocycles. The Kier molecular flexibility index (Phi) is 5.66. The molecule has 0 radical (unpaired) electrons. The number of hydrogen-bond donors (Lipinski definition) is 3. The Morgan fingerprint density at radius 2 is 1.92 bits per heavy atom. The molecule has 1 fully saturated rings. The van der Waals surface area contributed by atoms with Crippen LogP contribution in [0.2, 0.25) is 0 Å². The molecule has 5 aromatic rings. The van der Waals surface area contributed by atoms with Gasteiger partial charge in [0, 0.05) is 48.5 Å². The number of nitrogen functional groups attached to an aromatic ring is 1. The maximum Gasteiger partial charge on any atom is 0.215 e. The van der Waals surface area contributed by atoms with E-state index < -0.39 is 0 Å². The topological polar surface area (TPSA) is 122 Å². The average Bonchev–Trinajstić information content (AvgIpc) is 3.47. The van der Waals surface area contributed by atoms with Crippen molar-refractivity contribution in [1.82, 2.24) is 24.4 Å². The smallest absolute Gasteiger partial charge is 0.215 e. The first-order chi connectivity index (χ1) is 17.9. The van der Waals surface area contributed by atoms with Gasteiger partial charge in [0.25, 0.3) is 0 Å². The Hall–Kier alpha value is -4.21. The van der Waals surface area contributed by atoms with E-state index in [1.54, 1.807) is 23.0 Å². The number of nitrogens with zero attached hydrogens (tertiary/aromatic N) is 4. The summed E-state index contributed by atoms with van der Waals surface area (Å²) in [5.41, 5.74) is 12.5. The van der Waals surface area contributed by atoms with E-state index >= 15 is 0 Å².